The number of piperidine rings is 1. The third-order valence-corrected chi connectivity index (χ3v) is 6.21. The molecule has 2 aliphatic rings. The van der Waals surface area contributed by atoms with Crippen LogP contribution >= 0.6 is 23.2 Å². The predicted octanol–water partition coefficient (Wildman–Crippen LogP) is 2.68. The Kier molecular flexibility index (Phi) is 4.52. The molecule has 2 N–H and O–H groups in total. The Morgan fingerprint density at radius 3 is 2.48 bits per heavy atom. The molecule has 2 fully saturated rings. The molecule has 1 unspecified atom stereocenters. The molecule has 7 nitrogen and oxygen atoms in total. The minimum absolute atomic E-state index is 0.126. The number of H-pyrrole nitrogens is 1. The van der Waals surface area contributed by atoms with Gasteiger partial charge >= 0.3 is 5.97 Å². The summed E-state index contributed by atoms with van der Waals surface area (Å²) >= 11 is 12.1. The van der Waals surface area contributed by atoms with E-state index in [-0.39, 0.29) is 17.0 Å². The van der Waals surface area contributed by atoms with E-state index in [9.17, 15) is 9.59 Å². The number of pyridine rings is 1. The lowest BCUT2D eigenvalue weighted by Gasteiger charge is -2.21. The maximum absolute atomic E-state index is 12.4. The smallest absolute Gasteiger partial charge is 0.339 e. The van der Waals surface area contributed by atoms with Crippen molar-refractivity contribution in [2.45, 2.75) is 13.0 Å². The molecule has 9 heteroatoms. The zero-order chi connectivity index (χ0) is 19.3. The second-order valence-corrected chi connectivity index (χ2v) is 7.64. The number of rotatable bonds is 4. The van der Waals surface area contributed by atoms with Crippen molar-refractivity contribution >= 4 is 40.9 Å². The number of carbonyl (C=O) groups excluding carboxylic acids is 2. The van der Waals surface area contributed by atoms with Gasteiger partial charge in [-0.1, -0.05) is 23.2 Å². The van der Waals surface area contributed by atoms with Crippen LogP contribution < -0.4 is 10.2 Å². The molecule has 1 saturated heterocycles. The van der Waals surface area contributed by atoms with Crippen molar-refractivity contribution in [3.05, 3.63) is 45.3 Å². The summed E-state index contributed by atoms with van der Waals surface area (Å²) < 4.78 is 4.68. The summed E-state index contributed by atoms with van der Waals surface area (Å²) in [6, 6.07) is 3.65. The van der Waals surface area contributed by atoms with Gasteiger partial charge in [-0.15, -0.1) is 0 Å². The molecule has 2 aromatic heterocycles. The van der Waals surface area contributed by atoms with Crippen molar-refractivity contribution in [2.75, 3.05) is 25.1 Å². The molecule has 1 aliphatic carbocycles. The Hall–Kier alpha value is -2.25. The number of methoxy groups -OCH3 is 1. The molecule has 1 amide bonds. The van der Waals surface area contributed by atoms with Gasteiger partial charge in [-0.2, -0.15) is 0 Å². The van der Waals surface area contributed by atoms with Crippen LogP contribution in [0.4, 0.5) is 5.82 Å². The molecule has 3 heterocycles. The van der Waals surface area contributed by atoms with Gasteiger partial charge < -0.3 is 19.9 Å². The fourth-order valence-corrected chi connectivity index (χ4v) is 4.11. The van der Waals surface area contributed by atoms with Crippen LogP contribution in [0.15, 0.2) is 18.3 Å². The van der Waals surface area contributed by atoms with Gasteiger partial charge in [0.1, 0.15) is 11.5 Å². The molecule has 27 heavy (non-hydrogen) atoms. The number of aromatic amines is 1. The Bertz CT molecular complexity index is 900. The van der Waals surface area contributed by atoms with E-state index >= 15 is 0 Å². The number of amides is 1. The van der Waals surface area contributed by atoms with E-state index < -0.39 is 5.97 Å². The number of ether oxygens (including phenoxy) is 1. The largest absolute Gasteiger partial charge is 0.465 e. The van der Waals surface area contributed by atoms with E-state index in [4.69, 9.17) is 23.2 Å². The number of aryl methyl sites for hydroxylation is 1. The molecular formula is C18H18Cl2N4O3. The van der Waals surface area contributed by atoms with Crippen molar-refractivity contribution in [1.29, 1.82) is 0 Å². The lowest BCUT2D eigenvalue weighted by molar-refractivity contribution is 0.0600. The third-order valence-electron chi connectivity index (χ3n) is 5.27. The summed E-state index contributed by atoms with van der Waals surface area (Å²) in [5, 5.41) is 3.67. The number of aromatic nitrogens is 2. The number of anilines is 1. The molecule has 142 valence electrons. The molecule has 0 aromatic carbocycles. The quantitative estimate of drug-likeness (QED) is 0.759. The molecule has 4 rings (SSSR count). The average Bonchev–Trinajstić information content (AvgIpc) is 3.01. The Morgan fingerprint density at radius 2 is 1.96 bits per heavy atom. The van der Waals surface area contributed by atoms with Crippen LogP contribution in [0.3, 0.4) is 0 Å². The zero-order valence-electron chi connectivity index (χ0n) is 14.8. The summed E-state index contributed by atoms with van der Waals surface area (Å²) in [4.78, 5) is 33.3. The van der Waals surface area contributed by atoms with Crippen molar-refractivity contribution in [2.24, 2.45) is 11.8 Å². The molecule has 0 radical (unpaired) electrons. The third kappa shape index (κ3) is 3.15. The first-order chi connectivity index (χ1) is 12.9. The maximum atomic E-state index is 12.4. The van der Waals surface area contributed by atoms with Crippen molar-refractivity contribution < 1.29 is 14.3 Å². The monoisotopic (exact) mass is 408 g/mol. The van der Waals surface area contributed by atoms with Crippen LogP contribution in [0.5, 0.6) is 0 Å². The van der Waals surface area contributed by atoms with Gasteiger partial charge in [0, 0.05) is 42.9 Å². The number of hydrogen-bond acceptors (Lipinski definition) is 5. The second kappa shape index (κ2) is 6.73. The minimum Gasteiger partial charge on any atom is -0.465 e. The van der Waals surface area contributed by atoms with E-state index in [0.717, 1.165) is 18.9 Å². The molecule has 0 spiro atoms. The Balaban J connectivity index is 1.35. The summed E-state index contributed by atoms with van der Waals surface area (Å²) in [7, 11) is 1.34. The number of fused-ring (bicyclic) bond motifs is 1. The van der Waals surface area contributed by atoms with E-state index in [2.05, 4.69) is 24.9 Å². The highest BCUT2D eigenvalue weighted by Crippen LogP contribution is 2.46. The highest BCUT2D eigenvalue weighted by molar-refractivity contribution is 6.44. The highest BCUT2D eigenvalue weighted by atomic mass is 35.5. The lowest BCUT2D eigenvalue weighted by Crippen LogP contribution is -2.35. The average molecular weight is 409 g/mol. The molecule has 0 bridgehead atoms. The van der Waals surface area contributed by atoms with E-state index in [1.807, 2.05) is 6.07 Å². The molecule has 2 aromatic rings. The summed E-state index contributed by atoms with van der Waals surface area (Å²) in [5.74, 6) is 0.929. The topological polar surface area (TPSA) is 87.3 Å². The van der Waals surface area contributed by atoms with E-state index in [1.54, 1.807) is 13.0 Å². The Morgan fingerprint density at radius 1 is 1.26 bits per heavy atom. The number of carbonyl (C=O) groups is 2. The fraction of sp³-hybridized carbons (Fsp3) is 0.389. The van der Waals surface area contributed by atoms with Gasteiger partial charge in [-0.25, -0.2) is 9.78 Å². The molecule has 3 atom stereocenters. The number of hydrogen-bond donors (Lipinski definition) is 2. The number of esters is 1. The number of halogens is 2. The van der Waals surface area contributed by atoms with Crippen LogP contribution in [0.25, 0.3) is 0 Å². The lowest BCUT2D eigenvalue weighted by atomic mass is 10.2. The van der Waals surface area contributed by atoms with Crippen molar-refractivity contribution in [3.63, 3.8) is 0 Å². The summed E-state index contributed by atoms with van der Waals surface area (Å²) in [6.07, 6.45) is 1.52. The number of nitrogens with zero attached hydrogens (tertiary/aromatic N) is 2. The van der Waals surface area contributed by atoms with Crippen LogP contribution in [-0.4, -0.2) is 48.1 Å². The zero-order valence-corrected chi connectivity index (χ0v) is 16.3. The summed E-state index contributed by atoms with van der Waals surface area (Å²) in [5.41, 5.74) is 1.41. The van der Waals surface area contributed by atoms with Gasteiger partial charge in [0.2, 0.25) is 0 Å². The van der Waals surface area contributed by atoms with Crippen molar-refractivity contribution in [3.8, 4) is 0 Å². The highest BCUT2D eigenvalue weighted by Gasteiger charge is 2.56. The standard InChI is InChI=1S/C18H18Cl2N4O3/c1-8-13(19)14(20)16(22-8)17(25)23-15-10-6-24(7-11(10)15)12-4-3-9(5-21-12)18(26)27-2/h3-5,10-11,15,22H,6-7H2,1-2H3,(H,23,25)/t10-,11+,15?. The first kappa shape index (κ1) is 18.1. The predicted molar refractivity (Wildman–Crippen MR) is 102 cm³/mol. The molecule has 1 saturated carbocycles. The van der Waals surface area contributed by atoms with E-state index in [0.29, 0.717) is 33.8 Å². The number of nitrogens with one attached hydrogen (secondary N) is 2. The fourth-order valence-electron chi connectivity index (χ4n) is 3.69. The van der Waals surface area contributed by atoms with Crippen LogP contribution in [0.1, 0.15) is 26.5 Å². The second-order valence-electron chi connectivity index (χ2n) is 6.88. The van der Waals surface area contributed by atoms with Crippen LogP contribution in [0, 0.1) is 18.8 Å². The maximum Gasteiger partial charge on any atom is 0.339 e. The van der Waals surface area contributed by atoms with Crippen LogP contribution in [-0.2, 0) is 4.74 Å². The van der Waals surface area contributed by atoms with Crippen LogP contribution in [0.2, 0.25) is 10.0 Å². The normalized spacial score (nSPS) is 23.1. The molecule has 1 aliphatic heterocycles. The van der Waals surface area contributed by atoms with Gasteiger partial charge in [0.15, 0.2) is 0 Å². The van der Waals surface area contributed by atoms with Crippen molar-refractivity contribution in [1.82, 2.24) is 15.3 Å². The Labute approximate surface area is 166 Å². The SMILES string of the molecule is COC(=O)c1ccc(N2C[C@@H]3C(NC(=O)c4[nH]c(C)c(Cl)c4Cl)[C@@H]3C2)nc1. The van der Waals surface area contributed by atoms with Gasteiger partial charge in [0.05, 0.1) is 22.7 Å². The summed E-state index contributed by atoms with van der Waals surface area (Å²) in [6.45, 7) is 3.38. The first-order valence-corrected chi connectivity index (χ1v) is 9.30. The van der Waals surface area contributed by atoms with Gasteiger partial charge in [-0.05, 0) is 19.1 Å². The minimum atomic E-state index is -0.403. The van der Waals surface area contributed by atoms with Gasteiger partial charge in [0.25, 0.3) is 5.91 Å². The first-order valence-electron chi connectivity index (χ1n) is 8.54. The van der Waals surface area contributed by atoms with Gasteiger partial charge in [-0.3, -0.25) is 4.79 Å². The molecular weight excluding hydrogens is 391 g/mol. The van der Waals surface area contributed by atoms with E-state index in [1.165, 1.54) is 13.3 Å².